The average Bonchev–Trinajstić information content (AvgIpc) is 2.57. The quantitative estimate of drug-likeness (QED) is 0.637. The van der Waals surface area contributed by atoms with Gasteiger partial charge in [0, 0.05) is 10.6 Å². The van der Waals surface area contributed by atoms with Gasteiger partial charge in [-0.2, -0.15) is 5.10 Å². The molecule has 0 aliphatic carbocycles. The van der Waals surface area contributed by atoms with Crippen LogP contribution < -0.4 is 0 Å². The second-order valence-corrected chi connectivity index (χ2v) is 5.35. The van der Waals surface area contributed by atoms with E-state index in [-0.39, 0.29) is 5.75 Å². The molecule has 14 heavy (non-hydrogen) atoms. The second kappa shape index (κ2) is 3.83. The van der Waals surface area contributed by atoms with Crippen LogP contribution in [0.3, 0.4) is 0 Å². The van der Waals surface area contributed by atoms with E-state index >= 15 is 0 Å². The lowest BCUT2D eigenvalue weighted by molar-refractivity contribution is 0.477. The van der Waals surface area contributed by atoms with E-state index in [2.05, 4.69) is 27.1 Å². The predicted molar refractivity (Wildman–Crippen MR) is 68.9 cm³/mol. The van der Waals surface area contributed by atoms with Crippen LogP contribution in [-0.4, -0.2) is 14.7 Å². The van der Waals surface area contributed by atoms with Gasteiger partial charge in [0.25, 0.3) is 0 Å². The molecule has 3 nitrogen and oxygen atoms in total. The fourth-order valence-electron chi connectivity index (χ4n) is 1.29. The molecule has 2 aromatic rings. The highest BCUT2D eigenvalue weighted by Crippen LogP contribution is 2.37. The van der Waals surface area contributed by atoms with Gasteiger partial charge in [-0.15, -0.1) is 0 Å². The van der Waals surface area contributed by atoms with Crippen LogP contribution in [0.4, 0.5) is 0 Å². The van der Waals surface area contributed by atoms with Gasteiger partial charge in [-0.05, 0) is 35.0 Å². The van der Waals surface area contributed by atoms with E-state index < -0.39 is 0 Å². The summed E-state index contributed by atoms with van der Waals surface area (Å²) >= 11 is 8.21. The van der Waals surface area contributed by atoms with Gasteiger partial charge in [0.15, 0.2) is 0 Å². The van der Waals surface area contributed by atoms with E-state index in [1.165, 1.54) is 0 Å². The molecule has 0 saturated carbocycles. The van der Waals surface area contributed by atoms with Gasteiger partial charge >= 0.3 is 0 Å². The molecule has 0 saturated heterocycles. The lowest BCUT2D eigenvalue weighted by Crippen LogP contribution is -1.84. The number of aromatic hydroxyl groups is 1. The fourth-order valence-corrected chi connectivity index (χ4v) is 3.01. The van der Waals surface area contributed by atoms with Crippen LogP contribution in [-0.2, 0) is 0 Å². The van der Waals surface area contributed by atoms with Crippen molar-refractivity contribution in [2.75, 3.05) is 0 Å². The molecule has 1 N–H and O–H groups in total. The molecule has 74 valence electrons. The lowest BCUT2D eigenvalue weighted by Gasteiger charge is -2.03. The summed E-state index contributed by atoms with van der Waals surface area (Å²) in [5.74, 6) is 0.230. The monoisotopic (exact) mass is 340 g/mol. The maximum Gasteiger partial charge on any atom is 0.130 e. The minimum atomic E-state index is 0.230. The van der Waals surface area contributed by atoms with Gasteiger partial charge < -0.3 is 5.11 Å². The molecule has 1 aromatic carbocycles. The Morgan fingerprint density at radius 3 is 3.00 bits per heavy atom. The first kappa shape index (κ1) is 10.5. The first-order chi connectivity index (χ1) is 6.65. The normalized spacial score (nSPS) is 11.9. The molecule has 0 spiro atoms. The zero-order valence-electron chi connectivity index (χ0n) is 7.25. The van der Waals surface area contributed by atoms with Crippen LogP contribution in [0.1, 0.15) is 5.56 Å². The average molecular weight is 340 g/mol. The Labute approximate surface area is 101 Å². The summed E-state index contributed by atoms with van der Waals surface area (Å²) < 4.78 is 1.82. The van der Waals surface area contributed by atoms with Crippen molar-refractivity contribution in [3.05, 3.63) is 22.8 Å². The molecule has 0 amide bonds. The number of hydrogen-bond acceptors (Lipinski definition) is 2. The first-order valence-corrected chi connectivity index (χ1v) is 8.31. The summed E-state index contributed by atoms with van der Waals surface area (Å²) in [5.41, 5.74) is 1.58. The number of rotatable bonds is 1. The molecule has 2 rings (SSSR count). The smallest absolute Gasteiger partial charge is 0.130 e. The van der Waals surface area contributed by atoms with Crippen LogP contribution in [0.5, 0.6) is 5.75 Å². The molecule has 1 atom stereocenters. The van der Waals surface area contributed by atoms with E-state index in [4.69, 9.17) is 11.6 Å². The maximum absolute atomic E-state index is 9.81. The van der Waals surface area contributed by atoms with Gasteiger partial charge in [-0.3, -0.25) is 0 Å². The number of benzene rings is 1. The van der Waals surface area contributed by atoms with Crippen LogP contribution in [0.2, 0.25) is 5.02 Å². The van der Waals surface area contributed by atoms with E-state index in [9.17, 15) is 5.11 Å². The van der Waals surface area contributed by atoms with Crippen molar-refractivity contribution >= 4 is 50.9 Å². The Kier molecular flexibility index (Phi) is 2.86. The molecular formula is C8H7ClIN2OP. The van der Waals surface area contributed by atoms with E-state index in [1.54, 1.807) is 13.1 Å². The number of phenols is 1. The highest BCUT2D eigenvalue weighted by atomic mass is 127. The Morgan fingerprint density at radius 2 is 2.36 bits per heavy atom. The largest absolute Gasteiger partial charge is 0.507 e. The minimum Gasteiger partial charge on any atom is -0.507 e. The minimum absolute atomic E-state index is 0.230. The molecule has 0 bridgehead atoms. The maximum atomic E-state index is 9.81. The molecule has 0 aliphatic rings. The lowest BCUT2D eigenvalue weighted by atomic mass is 10.1. The van der Waals surface area contributed by atoms with Crippen LogP contribution >= 0.6 is 40.0 Å². The van der Waals surface area contributed by atoms with Crippen molar-refractivity contribution in [2.24, 2.45) is 0 Å². The molecule has 0 aliphatic heterocycles. The summed E-state index contributed by atoms with van der Waals surface area (Å²) in [6, 6.07) is 1.84. The Hall–Kier alpha value is -0.0600. The Bertz CT molecular complexity index is 500. The first-order valence-electron chi connectivity index (χ1n) is 3.87. The third-order valence-electron chi connectivity index (χ3n) is 2.12. The van der Waals surface area contributed by atoms with Crippen molar-refractivity contribution in [1.29, 1.82) is 0 Å². The van der Waals surface area contributed by atoms with Crippen molar-refractivity contribution in [2.45, 2.75) is 6.92 Å². The predicted octanol–water partition coefficient (Wildman–Crippen LogP) is 3.50. The van der Waals surface area contributed by atoms with Crippen molar-refractivity contribution in [3.63, 3.8) is 0 Å². The molecule has 0 radical (unpaired) electrons. The summed E-state index contributed by atoms with van der Waals surface area (Å²) in [4.78, 5) is 0. The summed E-state index contributed by atoms with van der Waals surface area (Å²) in [6.45, 7) is 1.79. The number of phenolic OH excluding ortho intramolecular Hbond substituents is 1. The van der Waals surface area contributed by atoms with Gasteiger partial charge in [-0.25, -0.2) is 4.45 Å². The molecular weight excluding hydrogens is 333 g/mol. The van der Waals surface area contributed by atoms with Gasteiger partial charge in [0.05, 0.1) is 23.5 Å². The van der Waals surface area contributed by atoms with Gasteiger partial charge in [0.2, 0.25) is 0 Å². The van der Waals surface area contributed by atoms with Crippen LogP contribution in [0, 0.1) is 6.92 Å². The van der Waals surface area contributed by atoms with Crippen molar-refractivity contribution in [3.8, 4) is 5.75 Å². The van der Waals surface area contributed by atoms with E-state index in [0.29, 0.717) is 17.0 Å². The third-order valence-corrected chi connectivity index (χ3v) is 4.40. The Balaban J connectivity index is 2.86. The topological polar surface area (TPSA) is 38.0 Å². The summed E-state index contributed by atoms with van der Waals surface area (Å²) in [6.07, 6.45) is 2.17. The summed E-state index contributed by atoms with van der Waals surface area (Å²) in [5, 5.41) is 15.3. The highest BCUT2D eigenvalue weighted by molar-refractivity contribution is 14.2. The van der Waals surface area contributed by atoms with Gasteiger partial charge in [-0.1, -0.05) is 11.6 Å². The summed E-state index contributed by atoms with van der Waals surface area (Å²) in [7, 11) is 0. The number of hydrogen-bond donors (Lipinski definition) is 1. The standard InChI is InChI=1S/C8H7ClIN2OP/c1-4-6(9)2-7-5(8(4)13)3-11-12(7)14-10/h2-3,13-14H,1H3. The number of halogens is 2. The van der Waals surface area contributed by atoms with Crippen LogP contribution in [0.25, 0.3) is 10.9 Å². The zero-order chi connectivity index (χ0) is 10.3. The Morgan fingerprint density at radius 1 is 1.64 bits per heavy atom. The van der Waals surface area contributed by atoms with E-state index in [0.717, 1.165) is 10.9 Å². The number of nitrogens with zero attached hydrogens (tertiary/aromatic N) is 2. The third kappa shape index (κ3) is 1.49. The SMILES string of the molecule is Cc1c(Cl)cc2c(cnn2PI)c1O. The van der Waals surface area contributed by atoms with Gasteiger partial charge in [0.1, 0.15) is 5.75 Å². The molecule has 0 fully saturated rings. The molecule has 6 heteroatoms. The van der Waals surface area contributed by atoms with Crippen molar-refractivity contribution in [1.82, 2.24) is 9.55 Å². The van der Waals surface area contributed by atoms with Crippen LogP contribution in [0.15, 0.2) is 12.3 Å². The zero-order valence-corrected chi connectivity index (χ0v) is 11.2. The molecule has 1 unspecified atom stereocenters. The number of aromatic nitrogens is 2. The molecule has 1 heterocycles. The highest BCUT2D eigenvalue weighted by Gasteiger charge is 2.11. The number of fused-ring (bicyclic) bond motifs is 1. The van der Waals surface area contributed by atoms with Crippen molar-refractivity contribution < 1.29 is 5.11 Å². The van der Waals surface area contributed by atoms with E-state index in [1.807, 2.05) is 10.5 Å². The second-order valence-electron chi connectivity index (χ2n) is 2.91. The fraction of sp³-hybridized carbons (Fsp3) is 0.125. The molecule has 1 aromatic heterocycles.